The van der Waals surface area contributed by atoms with Crippen LogP contribution in [0.3, 0.4) is 0 Å². The Labute approximate surface area is 205 Å². The maximum absolute atomic E-state index is 13.7. The van der Waals surface area contributed by atoms with Gasteiger partial charge in [0, 0.05) is 19.4 Å². The average molecular weight is 642 g/mol. The van der Waals surface area contributed by atoms with Gasteiger partial charge in [-0.15, -0.1) is 0 Å². The minimum absolute atomic E-state index is 0.168. The van der Waals surface area contributed by atoms with Crippen LogP contribution in [0.1, 0.15) is 12.8 Å². The lowest BCUT2D eigenvalue weighted by Crippen LogP contribution is -2.87. The summed E-state index contributed by atoms with van der Waals surface area (Å²) in [5.74, 6) is -61.5. The molecule has 0 radical (unpaired) electrons. The molecular formula is C15H15F17N2O4S. The number of quaternary nitrogens is 1. The molecule has 0 spiro atoms. The summed E-state index contributed by atoms with van der Waals surface area (Å²) in [5, 5.41) is 11.1. The van der Waals surface area contributed by atoms with Crippen LogP contribution in [0.15, 0.2) is 0 Å². The van der Waals surface area contributed by atoms with Gasteiger partial charge in [-0.3, -0.25) is 0 Å². The molecule has 0 atom stereocenters. The minimum atomic E-state index is -8.76. The molecule has 39 heavy (non-hydrogen) atoms. The van der Waals surface area contributed by atoms with Gasteiger partial charge in [-0.05, 0) is 0 Å². The zero-order chi connectivity index (χ0) is 31.7. The predicted molar refractivity (Wildman–Crippen MR) is 88.4 cm³/mol. The lowest BCUT2D eigenvalue weighted by atomic mass is 9.88. The fourth-order valence-electron chi connectivity index (χ4n) is 2.38. The monoisotopic (exact) mass is 642 g/mol. The summed E-state index contributed by atoms with van der Waals surface area (Å²) in [7, 11) is -5.18. The number of halogens is 17. The maximum Gasteiger partial charge on any atom is 0.460 e. The van der Waals surface area contributed by atoms with Crippen molar-refractivity contribution >= 4 is 16.0 Å². The predicted octanol–water partition coefficient (Wildman–Crippen LogP) is 2.01. The Morgan fingerprint density at radius 2 is 1.05 bits per heavy atom. The normalized spacial score (nSPS) is 15.5. The third-order valence-corrected chi connectivity index (χ3v) is 6.08. The minimum Gasteiger partial charge on any atom is -0.544 e. The number of hydrogen-bond acceptors (Lipinski definition) is 4. The molecule has 0 saturated carbocycles. The van der Waals surface area contributed by atoms with Crippen LogP contribution >= 0.6 is 0 Å². The van der Waals surface area contributed by atoms with E-state index in [1.807, 2.05) is 0 Å². The number of nitrogens with two attached hydrogens (primary N) is 1. The van der Waals surface area contributed by atoms with Crippen LogP contribution < -0.4 is 15.1 Å². The summed E-state index contributed by atoms with van der Waals surface area (Å²) in [6.45, 7) is -1.53. The van der Waals surface area contributed by atoms with Crippen molar-refractivity contribution in [2.24, 2.45) is 0 Å². The van der Waals surface area contributed by atoms with Crippen molar-refractivity contribution in [3.05, 3.63) is 0 Å². The quantitative estimate of drug-likeness (QED) is 0.199. The second kappa shape index (κ2) is 11.2. The molecule has 0 aliphatic heterocycles. The fraction of sp³-hybridized carbons (Fsp3) is 0.933. The molecule has 0 aromatic heterocycles. The van der Waals surface area contributed by atoms with Crippen molar-refractivity contribution in [3.8, 4) is 0 Å². The molecule has 0 fully saturated rings. The Kier molecular flexibility index (Phi) is 10.7. The van der Waals surface area contributed by atoms with Crippen molar-refractivity contribution in [1.82, 2.24) is 4.72 Å². The highest BCUT2D eigenvalue weighted by Gasteiger charge is 2.95. The standard InChI is InChI=1S/C15H15F17N2O4S/c16-8(17,2-5-39(37,38)34-4-1-3-33-6-7(35)36)9(18,19)10(20,21)11(22,23)12(24,25)13(26,27)14(28,29)15(30,31)32/h33-34H,1-6H2,(H,35,36). The van der Waals surface area contributed by atoms with Crippen molar-refractivity contribution < 1.29 is 98.3 Å². The van der Waals surface area contributed by atoms with E-state index in [4.69, 9.17) is 0 Å². The average Bonchev–Trinajstić information content (AvgIpc) is 2.73. The number of hydrogen-bond donors (Lipinski definition) is 2. The van der Waals surface area contributed by atoms with Crippen LogP contribution in [0.5, 0.6) is 0 Å². The molecule has 0 amide bonds. The Morgan fingerprint density at radius 3 is 1.44 bits per heavy atom. The summed E-state index contributed by atoms with van der Waals surface area (Å²) in [4.78, 5) is 10.1. The van der Waals surface area contributed by atoms with Crippen LogP contribution in [0.4, 0.5) is 74.6 Å². The summed E-state index contributed by atoms with van der Waals surface area (Å²) >= 11 is 0. The highest BCUT2D eigenvalue weighted by molar-refractivity contribution is 7.89. The van der Waals surface area contributed by atoms with Gasteiger partial charge in [-0.2, -0.15) is 74.6 Å². The van der Waals surface area contributed by atoms with Gasteiger partial charge < -0.3 is 15.2 Å². The first-order chi connectivity index (χ1) is 16.9. The van der Waals surface area contributed by atoms with Crippen molar-refractivity contribution in [3.63, 3.8) is 0 Å². The van der Waals surface area contributed by atoms with Gasteiger partial charge in [-0.1, -0.05) is 0 Å². The Morgan fingerprint density at radius 1 is 0.667 bits per heavy atom. The number of alkyl halides is 17. The van der Waals surface area contributed by atoms with Crippen LogP contribution in [0, 0.1) is 0 Å². The largest absolute Gasteiger partial charge is 0.544 e. The van der Waals surface area contributed by atoms with Gasteiger partial charge in [0.15, 0.2) is 0 Å². The van der Waals surface area contributed by atoms with E-state index in [9.17, 15) is 93.0 Å². The zero-order valence-corrected chi connectivity index (χ0v) is 19.1. The number of nitrogens with one attached hydrogen (secondary N) is 1. The molecule has 0 unspecified atom stereocenters. The maximum atomic E-state index is 13.7. The fourth-order valence-corrected chi connectivity index (χ4v) is 3.51. The van der Waals surface area contributed by atoms with Gasteiger partial charge in [0.2, 0.25) is 10.0 Å². The zero-order valence-electron chi connectivity index (χ0n) is 18.3. The highest BCUT2D eigenvalue weighted by atomic mass is 32.2. The van der Waals surface area contributed by atoms with E-state index < -0.39 is 88.9 Å². The number of carbonyl (C=O) groups excluding carboxylic acids is 1. The Hall–Kier alpha value is -1.85. The molecule has 6 nitrogen and oxygen atoms in total. The highest BCUT2D eigenvalue weighted by Crippen LogP contribution is 2.64. The molecule has 24 heteroatoms. The second-order valence-corrected chi connectivity index (χ2v) is 9.55. The van der Waals surface area contributed by atoms with E-state index >= 15 is 0 Å². The van der Waals surface area contributed by atoms with Crippen LogP contribution in [-0.4, -0.2) is 87.4 Å². The molecule has 0 aliphatic carbocycles. The SMILES string of the molecule is O=C([O-])C[NH2+]CCCNS(=O)(=O)CCC(F)(F)C(F)(F)C(F)(F)C(F)(F)C(F)(F)C(F)(F)C(F)(F)C(F)(F)F. The number of aliphatic carboxylic acids is 1. The van der Waals surface area contributed by atoms with Gasteiger partial charge in [-0.25, -0.2) is 13.1 Å². The van der Waals surface area contributed by atoms with E-state index in [0.29, 0.717) is 0 Å². The first-order valence-electron chi connectivity index (χ1n) is 9.57. The van der Waals surface area contributed by atoms with Crippen molar-refractivity contribution in [2.75, 3.05) is 25.4 Å². The summed E-state index contributed by atoms with van der Waals surface area (Å²) in [6.07, 6.45) is -11.3. The van der Waals surface area contributed by atoms with Crippen molar-refractivity contribution in [1.29, 1.82) is 0 Å². The smallest absolute Gasteiger partial charge is 0.460 e. The van der Waals surface area contributed by atoms with E-state index in [1.165, 1.54) is 4.72 Å². The lowest BCUT2D eigenvalue weighted by molar-refractivity contribution is -0.650. The van der Waals surface area contributed by atoms with Gasteiger partial charge in [0.1, 0.15) is 6.54 Å². The molecule has 0 aliphatic rings. The third-order valence-electron chi connectivity index (χ3n) is 4.69. The number of carboxylic acid groups (broad SMARTS) is 1. The van der Waals surface area contributed by atoms with Crippen LogP contribution in [0.25, 0.3) is 0 Å². The van der Waals surface area contributed by atoms with Crippen LogP contribution in [0.2, 0.25) is 0 Å². The third kappa shape index (κ3) is 6.90. The topological polar surface area (TPSA) is 103 Å². The first kappa shape index (κ1) is 37.1. The Bertz CT molecular complexity index is 966. The molecule has 0 aromatic rings. The molecule has 0 saturated heterocycles. The van der Waals surface area contributed by atoms with E-state index in [2.05, 4.69) is 0 Å². The molecule has 3 N–H and O–H groups in total. The molecule has 0 heterocycles. The molecule has 0 aromatic carbocycles. The molecular weight excluding hydrogens is 627 g/mol. The second-order valence-electron chi connectivity index (χ2n) is 7.62. The summed E-state index contributed by atoms with van der Waals surface area (Å²) < 4.78 is 248. The van der Waals surface area contributed by atoms with Crippen molar-refractivity contribution in [2.45, 2.75) is 60.5 Å². The number of carbonyl (C=O) groups is 1. The number of carboxylic acids is 1. The van der Waals surface area contributed by atoms with Gasteiger partial charge >= 0.3 is 47.6 Å². The van der Waals surface area contributed by atoms with E-state index in [-0.39, 0.29) is 13.0 Å². The van der Waals surface area contributed by atoms with E-state index in [0.717, 1.165) is 5.32 Å². The molecule has 234 valence electrons. The number of sulfonamides is 1. The lowest BCUT2D eigenvalue weighted by Gasteiger charge is -2.42. The summed E-state index contributed by atoms with van der Waals surface area (Å²) in [6, 6.07) is 0. The van der Waals surface area contributed by atoms with Gasteiger partial charge in [0.25, 0.3) is 0 Å². The molecule has 0 bridgehead atoms. The van der Waals surface area contributed by atoms with E-state index in [1.54, 1.807) is 0 Å². The molecule has 0 rings (SSSR count). The van der Waals surface area contributed by atoms with Crippen LogP contribution in [-0.2, 0) is 14.8 Å². The number of rotatable bonds is 16. The summed E-state index contributed by atoms with van der Waals surface area (Å²) in [5.41, 5.74) is 0. The Balaban J connectivity index is 5.95. The first-order valence-corrected chi connectivity index (χ1v) is 11.2. The van der Waals surface area contributed by atoms with Gasteiger partial charge in [0.05, 0.1) is 18.3 Å².